The number of rotatable bonds is 3. The summed E-state index contributed by atoms with van der Waals surface area (Å²) in [5.74, 6) is 0. The van der Waals surface area contributed by atoms with Crippen LogP contribution in [0.3, 0.4) is 0 Å². The van der Waals surface area contributed by atoms with Crippen LogP contribution in [0.1, 0.15) is 22.3 Å². The second kappa shape index (κ2) is 8.77. The number of alkyl halides is 6. The fraction of sp³-hybridized carbons (Fsp3) is 0.429. The first-order valence-corrected chi connectivity index (χ1v) is 11.2. The number of fused-ring (bicyclic) bond motifs is 1. The Bertz CT molecular complexity index is 943. The topological polar surface area (TPSA) is 41.6 Å². The number of nitrogens with zero attached hydrogens (tertiary/aromatic N) is 2. The van der Waals surface area contributed by atoms with Gasteiger partial charge < -0.3 is 14.8 Å². The van der Waals surface area contributed by atoms with Gasteiger partial charge in [-0.3, -0.25) is 0 Å². The van der Waals surface area contributed by atoms with E-state index in [-0.39, 0.29) is 19.2 Å². The molecule has 0 amide bonds. The average Bonchev–Trinajstić information content (AvgIpc) is 2.77. The summed E-state index contributed by atoms with van der Waals surface area (Å²) in [6, 6.07) is 6.87. The van der Waals surface area contributed by atoms with Crippen LogP contribution in [-0.4, -0.2) is 41.6 Å². The van der Waals surface area contributed by atoms with Gasteiger partial charge in [-0.25, -0.2) is 0 Å². The van der Waals surface area contributed by atoms with Crippen molar-refractivity contribution < 1.29 is 30.9 Å². The zero-order valence-electron chi connectivity index (χ0n) is 16.9. The van der Waals surface area contributed by atoms with Crippen LogP contribution in [0.25, 0.3) is 0 Å². The lowest BCUT2D eigenvalue weighted by molar-refractivity contribution is -0.143. The van der Waals surface area contributed by atoms with Gasteiger partial charge in [-0.05, 0) is 29.7 Å². The summed E-state index contributed by atoms with van der Waals surface area (Å²) in [4.78, 5) is 1.75. The van der Waals surface area contributed by atoms with E-state index in [1.807, 2.05) is 18.2 Å². The predicted octanol–water partition coefficient (Wildman–Crippen LogP) is 4.21. The summed E-state index contributed by atoms with van der Waals surface area (Å²) >= 11 is -2.17. The lowest BCUT2D eigenvalue weighted by atomic mass is 9.98. The Balaban J connectivity index is 1.61. The fourth-order valence-corrected chi connectivity index (χ4v) is 5.35. The van der Waals surface area contributed by atoms with E-state index in [4.69, 9.17) is 0 Å². The number of anilines is 1. The molecule has 2 aliphatic rings. The number of hydrogen-bond donors (Lipinski definition) is 1. The van der Waals surface area contributed by atoms with E-state index in [2.05, 4.69) is 10.2 Å². The first kappa shape index (κ1) is 23.2. The molecular weight excluding hydrogens is 456 g/mol. The predicted molar refractivity (Wildman–Crippen MR) is 108 cm³/mol. The largest absolute Gasteiger partial charge is 0.593 e. The molecule has 1 N–H and O–H groups in total. The van der Waals surface area contributed by atoms with Gasteiger partial charge in [-0.15, -0.1) is 4.31 Å². The maximum atomic E-state index is 13.2. The highest BCUT2D eigenvalue weighted by atomic mass is 32.2. The van der Waals surface area contributed by atoms with E-state index in [0.717, 1.165) is 43.0 Å². The quantitative estimate of drug-likeness (QED) is 0.531. The summed E-state index contributed by atoms with van der Waals surface area (Å²) in [7, 11) is 0. The second-order valence-corrected chi connectivity index (χ2v) is 9.24. The van der Waals surface area contributed by atoms with E-state index >= 15 is 0 Å². The molecule has 0 saturated carbocycles. The summed E-state index contributed by atoms with van der Waals surface area (Å²) in [6.07, 6.45) is -9.45. The molecule has 4 nitrogen and oxygen atoms in total. The van der Waals surface area contributed by atoms with E-state index in [1.54, 1.807) is 0 Å². The molecule has 1 saturated heterocycles. The summed E-state index contributed by atoms with van der Waals surface area (Å²) < 4.78 is 93.5. The molecule has 0 bridgehead atoms. The minimum absolute atomic E-state index is 0.0476. The van der Waals surface area contributed by atoms with Crippen LogP contribution >= 0.6 is 0 Å². The molecule has 1 fully saturated rings. The van der Waals surface area contributed by atoms with Crippen molar-refractivity contribution in [2.45, 2.75) is 30.2 Å². The van der Waals surface area contributed by atoms with Crippen LogP contribution in [0.4, 0.5) is 32.0 Å². The van der Waals surface area contributed by atoms with Crippen molar-refractivity contribution in [2.24, 2.45) is 0 Å². The summed E-state index contributed by atoms with van der Waals surface area (Å²) in [5, 5.41) is 3.28. The molecule has 0 spiro atoms. The van der Waals surface area contributed by atoms with Gasteiger partial charge in [0.2, 0.25) is 0 Å². The van der Waals surface area contributed by atoms with Gasteiger partial charge in [0, 0.05) is 50.5 Å². The van der Waals surface area contributed by atoms with Crippen molar-refractivity contribution >= 4 is 17.0 Å². The number of halogens is 6. The lowest BCUT2D eigenvalue weighted by Crippen LogP contribution is -2.44. The Kier molecular flexibility index (Phi) is 6.36. The Morgan fingerprint density at radius 1 is 0.875 bits per heavy atom. The Morgan fingerprint density at radius 3 is 2.09 bits per heavy atom. The number of nitrogens with one attached hydrogen (secondary N) is 1. The number of hydrogen-bond acceptors (Lipinski definition) is 4. The average molecular weight is 477 g/mol. The highest BCUT2D eigenvalue weighted by molar-refractivity contribution is 7.89. The third-order valence-electron chi connectivity index (χ3n) is 5.66. The molecule has 1 unspecified atom stereocenters. The van der Waals surface area contributed by atoms with Crippen LogP contribution in [0.2, 0.25) is 0 Å². The molecule has 32 heavy (non-hydrogen) atoms. The third kappa shape index (κ3) is 4.85. The fourth-order valence-electron chi connectivity index (χ4n) is 4.08. The van der Waals surface area contributed by atoms with Gasteiger partial charge in [0.25, 0.3) is 0 Å². The van der Waals surface area contributed by atoms with E-state index in [0.29, 0.717) is 18.6 Å². The van der Waals surface area contributed by atoms with Gasteiger partial charge in [-0.1, -0.05) is 12.1 Å². The number of benzene rings is 2. The minimum Gasteiger partial charge on any atom is -0.593 e. The molecule has 0 radical (unpaired) electrons. The maximum Gasteiger partial charge on any atom is 0.416 e. The van der Waals surface area contributed by atoms with Crippen LogP contribution < -0.4 is 10.2 Å². The third-order valence-corrected chi connectivity index (χ3v) is 7.08. The van der Waals surface area contributed by atoms with Crippen molar-refractivity contribution in [2.75, 3.05) is 37.6 Å². The van der Waals surface area contributed by atoms with E-state index in [1.165, 1.54) is 4.31 Å². The van der Waals surface area contributed by atoms with E-state index in [9.17, 15) is 30.9 Å². The zero-order valence-corrected chi connectivity index (χ0v) is 17.7. The molecule has 0 aliphatic carbocycles. The normalized spacial score (nSPS) is 19.0. The highest BCUT2D eigenvalue weighted by Crippen LogP contribution is 2.38. The standard InChI is InChI=1S/C21H21F6N3OS/c22-20(23,24)15-10-16(21(25,26)27)12-17(11-15)32(31)30-7-4-18-14(13-30)2-1-3-19(18)29-8-5-28-6-9-29/h1-3,10-12,28H,4-9,13H2. The van der Waals surface area contributed by atoms with Gasteiger partial charge in [0.15, 0.2) is 4.90 Å². The second-order valence-electron chi connectivity index (χ2n) is 7.76. The monoisotopic (exact) mass is 477 g/mol. The lowest BCUT2D eigenvalue weighted by Gasteiger charge is -2.35. The van der Waals surface area contributed by atoms with Gasteiger partial charge in [-0.2, -0.15) is 26.3 Å². The molecule has 174 valence electrons. The molecule has 2 aromatic carbocycles. The zero-order chi connectivity index (χ0) is 23.1. The molecular formula is C21H21F6N3OS. The Labute approximate surface area is 184 Å². The van der Waals surface area contributed by atoms with Crippen LogP contribution in [0.15, 0.2) is 41.3 Å². The Hall–Kier alpha value is -1.95. The Morgan fingerprint density at radius 2 is 1.50 bits per heavy atom. The van der Waals surface area contributed by atoms with Gasteiger partial charge in [0.05, 0.1) is 29.0 Å². The molecule has 2 heterocycles. The maximum absolute atomic E-state index is 13.2. The molecule has 1 atom stereocenters. The molecule has 2 aliphatic heterocycles. The van der Waals surface area contributed by atoms with Crippen molar-refractivity contribution in [3.8, 4) is 0 Å². The van der Waals surface area contributed by atoms with E-state index < -0.39 is 39.7 Å². The molecule has 2 aromatic rings. The van der Waals surface area contributed by atoms with Crippen LogP contribution in [-0.2, 0) is 36.7 Å². The minimum atomic E-state index is -4.98. The first-order valence-electron chi connectivity index (χ1n) is 10.1. The summed E-state index contributed by atoms with van der Waals surface area (Å²) in [6.45, 7) is 3.85. The first-order chi connectivity index (χ1) is 15.0. The van der Waals surface area contributed by atoms with Crippen molar-refractivity contribution in [3.05, 3.63) is 58.7 Å². The molecule has 4 rings (SSSR count). The van der Waals surface area contributed by atoms with Crippen LogP contribution in [0.5, 0.6) is 0 Å². The number of piperazine rings is 1. The highest BCUT2D eigenvalue weighted by Gasteiger charge is 2.39. The van der Waals surface area contributed by atoms with Crippen LogP contribution in [0, 0.1) is 0 Å². The van der Waals surface area contributed by atoms with Gasteiger partial charge >= 0.3 is 12.4 Å². The SMILES string of the molecule is [O-][S+](c1cc(C(F)(F)F)cc(C(F)(F)F)c1)N1CCc2c(cccc2N2CCNCC2)C1. The smallest absolute Gasteiger partial charge is 0.416 e. The summed E-state index contributed by atoms with van der Waals surface area (Å²) in [5.41, 5.74) is 0.113. The van der Waals surface area contributed by atoms with Gasteiger partial charge in [0.1, 0.15) is 0 Å². The van der Waals surface area contributed by atoms with Crippen molar-refractivity contribution in [1.29, 1.82) is 0 Å². The van der Waals surface area contributed by atoms with Crippen molar-refractivity contribution in [1.82, 2.24) is 9.62 Å². The van der Waals surface area contributed by atoms with Crippen molar-refractivity contribution in [3.63, 3.8) is 0 Å². The molecule has 11 heteroatoms. The molecule has 0 aromatic heterocycles.